The van der Waals surface area contributed by atoms with E-state index in [1.807, 2.05) is 0 Å². The summed E-state index contributed by atoms with van der Waals surface area (Å²) in [6.07, 6.45) is 1.07. The molecule has 0 aromatic rings. The van der Waals surface area contributed by atoms with Gasteiger partial charge in [0.1, 0.15) is 0 Å². The van der Waals surface area contributed by atoms with E-state index in [2.05, 4.69) is 60.8 Å². The van der Waals surface area contributed by atoms with Crippen molar-refractivity contribution in [1.29, 1.82) is 0 Å². The van der Waals surface area contributed by atoms with Crippen LogP contribution in [0.15, 0.2) is 22.3 Å². The molecule has 0 radical (unpaired) electrons. The van der Waals surface area contributed by atoms with Crippen LogP contribution in [0, 0.1) is 0 Å². The van der Waals surface area contributed by atoms with Gasteiger partial charge >= 0.3 is 152 Å². The number of allylic oxidation sites excluding steroid dienone is 4. The third-order valence-corrected chi connectivity index (χ3v) is 10.8. The fraction of sp³-hybridized carbons (Fsp3) is 0.765. The second-order valence-electron chi connectivity index (χ2n) is 7.60. The molecule has 1 aliphatic rings. The number of hydrogen-bond acceptors (Lipinski definition) is 1. The first-order chi connectivity index (χ1) is 9.95. The predicted molar refractivity (Wildman–Crippen MR) is 96.2 cm³/mol. The van der Waals surface area contributed by atoms with Crippen LogP contribution in [0.3, 0.4) is 0 Å². The van der Waals surface area contributed by atoms with Crippen LogP contribution in [0.5, 0.6) is 0 Å². The summed E-state index contributed by atoms with van der Waals surface area (Å²) in [4.78, 5) is 2.25. The zero-order chi connectivity index (χ0) is 17.3. The molecule has 1 aliphatic carbocycles. The predicted octanol–water partition coefficient (Wildman–Crippen LogP) is 4.79. The van der Waals surface area contributed by atoms with Crippen LogP contribution < -0.4 is 0 Å². The average Bonchev–Trinajstić information content (AvgIpc) is 2.58. The molecule has 127 valence electrons. The quantitative estimate of drug-likeness (QED) is 0.452. The first kappa shape index (κ1) is 20.7. The van der Waals surface area contributed by atoms with E-state index in [4.69, 9.17) is 18.6 Å². The normalized spacial score (nSPS) is 18.7. The van der Waals surface area contributed by atoms with E-state index in [1.165, 1.54) is 22.3 Å². The Kier molecular flexibility index (Phi) is 7.28. The van der Waals surface area contributed by atoms with E-state index in [1.54, 1.807) is 0 Å². The van der Waals surface area contributed by atoms with Gasteiger partial charge in [-0.25, -0.2) is 0 Å². The van der Waals surface area contributed by atoms with Crippen molar-refractivity contribution in [2.45, 2.75) is 37.8 Å². The summed E-state index contributed by atoms with van der Waals surface area (Å²) in [5, 5.41) is 0. The zero-order valence-corrected chi connectivity index (χ0v) is 18.6. The summed E-state index contributed by atoms with van der Waals surface area (Å²) < 4.78 is 0.989. The van der Waals surface area contributed by atoms with Crippen molar-refractivity contribution in [3.05, 3.63) is 22.3 Å². The van der Waals surface area contributed by atoms with E-state index in [0.29, 0.717) is 0 Å². The standard InChI is InChI=1S/C17H32N2.2ClH.Ti/c1-13-14(2)16(4)17(15(13)3)9-11-19(7,8)12-10-18(5)6;;;/h9-12H2,1-8H3;2*1H;/q+1;;;+2/p-2. The summed E-state index contributed by atoms with van der Waals surface area (Å²) >= 11 is -2.17. The minimum atomic E-state index is -2.17. The first-order valence-corrected chi connectivity index (χ1v) is 13.0. The molecule has 0 amide bonds. The molecule has 0 saturated carbocycles. The van der Waals surface area contributed by atoms with Crippen molar-refractivity contribution in [1.82, 2.24) is 4.90 Å². The maximum absolute atomic E-state index is 6.67. The Bertz CT molecular complexity index is 455. The second-order valence-corrected chi connectivity index (χ2v) is 13.7. The molecule has 0 aromatic carbocycles. The maximum atomic E-state index is 6.67. The Morgan fingerprint density at radius 2 is 1.41 bits per heavy atom. The molecule has 0 spiro atoms. The number of halogens is 2. The van der Waals surface area contributed by atoms with Gasteiger partial charge in [-0.15, -0.1) is 0 Å². The molecule has 0 N–H and O–H groups in total. The van der Waals surface area contributed by atoms with E-state index in [9.17, 15) is 0 Å². The zero-order valence-electron chi connectivity index (χ0n) is 15.5. The number of nitrogens with zero attached hydrogens (tertiary/aromatic N) is 2. The van der Waals surface area contributed by atoms with Crippen LogP contribution in [0.25, 0.3) is 0 Å². The Morgan fingerprint density at radius 1 is 0.955 bits per heavy atom. The molecule has 0 saturated heterocycles. The topological polar surface area (TPSA) is 3.24 Å². The summed E-state index contributed by atoms with van der Waals surface area (Å²) in [6.45, 7) is 12.3. The van der Waals surface area contributed by atoms with Gasteiger partial charge in [0.05, 0.1) is 0 Å². The Balaban J connectivity index is 2.97. The molecule has 1 rings (SSSR count). The molecule has 22 heavy (non-hydrogen) atoms. The van der Waals surface area contributed by atoms with Crippen LogP contribution in [-0.4, -0.2) is 57.2 Å². The molecular weight excluding hydrogens is 351 g/mol. The van der Waals surface area contributed by atoms with Crippen molar-refractivity contribution < 1.29 is 20.2 Å². The third-order valence-electron chi connectivity index (χ3n) is 5.54. The van der Waals surface area contributed by atoms with E-state index >= 15 is 0 Å². The van der Waals surface area contributed by atoms with Crippen molar-refractivity contribution in [3.63, 3.8) is 0 Å². The number of likely N-dealkylation sites (N-methyl/N-ethyl adjacent to an activating group) is 2. The van der Waals surface area contributed by atoms with Gasteiger partial charge in [-0.1, -0.05) is 0 Å². The van der Waals surface area contributed by atoms with Crippen molar-refractivity contribution in [3.8, 4) is 0 Å². The van der Waals surface area contributed by atoms with Gasteiger partial charge in [-0.05, 0) is 0 Å². The molecule has 0 atom stereocenters. The molecule has 0 fully saturated rings. The van der Waals surface area contributed by atoms with Gasteiger partial charge in [0.15, 0.2) is 0 Å². The monoisotopic (exact) mass is 382 g/mol. The molecule has 0 unspecified atom stereocenters. The van der Waals surface area contributed by atoms with Gasteiger partial charge in [-0.2, -0.15) is 0 Å². The van der Waals surface area contributed by atoms with Crippen LogP contribution in [-0.2, 0) is 15.7 Å². The number of quaternary nitrogens is 1. The van der Waals surface area contributed by atoms with Gasteiger partial charge in [0.2, 0.25) is 0 Å². The van der Waals surface area contributed by atoms with Crippen LogP contribution in [0.4, 0.5) is 0 Å². The fourth-order valence-electron chi connectivity index (χ4n) is 3.29. The summed E-state index contributed by atoms with van der Waals surface area (Å²) in [6, 6.07) is 0. The number of hydrogen-bond donors (Lipinski definition) is 0. The summed E-state index contributed by atoms with van der Waals surface area (Å²) in [7, 11) is 22.2. The molecule has 2 nitrogen and oxygen atoms in total. The van der Waals surface area contributed by atoms with Crippen molar-refractivity contribution in [2.75, 3.05) is 47.8 Å². The summed E-state index contributed by atoms with van der Waals surface area (Å²) in [5.41, 5.74) is 5.66. The molecule has 0 aromatic heterocycles. The van der Waals surface area contributed by atoms with Gasteiger partial charge in [0.25, 0.3) is 0 Å². The van der Waals surface area contributed by atoms with Crippen LogP contribution in [0.2, 0.25) is 3.72 Å². The Labute approximate surface area is 151 Å². The molecule has 0 heterocycles. The summed E-state index contributed by atoms with van der Waals surface area (Å²) in [5.74, 6) is 0. The third kappa shape index (κ3) is 4.20. The van der Waals surface area contributed by atoms with Crippen molar-refractivity contribution >= 4 is 18.6 Å². The SMILES string of the molecule is CC1=C(C)[C](CC[N+](C)(C)CCN(C)C)([Ti]([Cl])[Cl])C(C)=C1C. The Morgan fingerprint density at radius 3 is 1.77 bits per heavy atom. The van der Waals surface area contributed by atoms with E-state index < -0.39 is 15.7 Å². The van der Waals surface area contributed by atoms with E-state index in [-0.39, 0.29) is 3.72 Å². The molecule has 0 bridgehead atoms. The Hall–Kier alpha value is 0.694. The second kappa shape index (κ2) is 7.72. The number of rotatable bonds is 7. The van der Waals surface area contributed by atoms with E-state index in [0.717, 1.165) is 30.5 Å². The first-order valence-electron chi connectivity index (χ1n) is 7.97. The average molecular weight is 383 g/mol. The fourth-order valence-corrected chi connectivity index (χ4v) is 8.35. The van der Waals surface area contributed by atoms with Crippen LogP contribution in [0.1, 0.15) is 34.1 Å². The van der Waals surface area contributed by atoms with Gasteiger partial charge in [-0.3, -0.25) is 0 Å². The van der Waals surface area contributed by atoms with Gasteiger partial charge in [0, 0.05) is 0 Å². The minimum absolute atomic E-state index is 0.0229. The van der Waals surface area contributed by atoms with Gasteiger partial charge < -0.3 is 0 Å². The molecular formula is C17H32Cl2N2Ti+. The van der Waals surface area contributed by atoms with Crippen molar-refractivity contribution in [2.24, 2.45) is 0 Å². The van der Waals surface area contributed by atoms with Crippen LogP contribution >= 0.6 is 18.6 Å². The molecule has 0 aliphatic heterocycles. The molecule has 5 heteroatoms.